The largest absolute Gasteiger partial charge is 0.461 e. The fourth-order valence-corrected chi connectivity index (χ4v) is 2.42. The van der Waals surface area contributed by atoms with E-state index in [2.05, 4.69) is 15.6 Å². The number of carbonyl (C=O) groups excluding carboxylic acids is 3. The van der Waals surface area contributed by atoms with Gasteiger partial charge in [0, 0.05) is 23.6 Å². The lowest BCUT2D eigenvalue weighted by molar-refractivity contribution is -0.114. The molecule has 2 rings (SSSR count). The first-order chi connectivity index (χ1) is 11.0. The topological polar surface area (TPSA) is 97.4 Å². The molecule has 0 aliphatic carbocycles. The Labute approximate surface area is 136 Å². The van der Waals surface area contributed by atoms with Gasteiger partial charge in [-0.3, -0.25) is 14.9 Å². The maximum atomic E-state index is 12.2. The van der Waals surface area contributed by atoms with Gasteiger partial charge in [-0.15, -0.1) is 11.3 Å². The molecule has 2 N–H and O–H groups in total. The molecule has 2 amide bonds. The third kappa shape index (κ3) is 4.62. The molecule has 1 heterocycles. The lowest BCUT2D eigenvalue weighted by atomic mass is 10.2. The highest BCUT2D eigenvalue weighted by Crippen LogP contribution is 2.18. The maximum Gasteiger partial charge on any atom is 0.357 e. The first-order valence-corrected chi connectivity index (χ1v) is 7.69. The molecule has 1 aromatic carbocycles. The summed E-state index contributed by atoms with van der Waals surface area (Å²) < 4.78 is 4.84. The van der Waals surface area contributed by atoms with E-state index in [1.807, 2.05) is 0 Å². The molecular weight excluding hydrogens is 318 g/mol. The highest BCUT2D eigenvalue weighted by Gasteiger charge is 2.14. The second-order valence-corrected chi connectivity index (χ2v) is 5.33. The normalized spacial score (nSPS) is 10.0. The summed E-state index contributed by atoms with van der Waals surface area (Å²) in [5.41, 5.74) is 1.04. The standard InChI is InChI=1S/C15H15N3O4S/c1-3-22-14(21)12-8-23-15(17-12)18-13(20)10-5-4-6-11(7-10)16-9(2)19/h4-8H,3H2,1-2H3,(H,16,19)(H,17,18,20). The number of ether oxygens (including phenoxy) is 1. The highest BCUT2D eigenvalue weighted by atomic mass is 32.1. The van der Waals surface area contributed by atoms with E-state index in [4.69, 9.17) is 4.74 Å². The smallest absolute Gasteiger partial charge is 0.357 e. The molecule has 0 radical (unpaired) electrons. The van der Waals surface area contributed by atoms with Gasteiger partial charge in [0.25, 0.3) is 5.91 Å². The number of thiazole rings is 1. The van der Waals surface area contributed by atoms with Crippen molar-refractivity contribution in [1.82, 2.24) is 4.98 Å². The Morgan fingerprint density at radius 2 is 2.04 bits per heavy atom. The molecule has 7 nitrogen and oxygen atoms in total. The van der Waals surface area contributed by atoms with E-state index in [0.717, 1.165) is 11.3 Å². The molecule has 0 atom stereocenters. The lowest BCUT2D eigenvalue weighted by Gasteiger charge is -2.05. The van der Waals surface area contributed by atoms with Crippen LogP contribution < -0.4 is 10.6 Å². The van der Waals surface area contributed by atoms with Crippen LogP contribution in [0.3, 0.4) is 0 Å². The summed E-state index contributed by atoms with van der Waals surface area (Å²) in [5, 5.41) is 7.02. The van der Waals surface area contributed by atoms with E-state index in [9.17, 15) is 14.4 Å². The molecule has 0 saturated carbocycles. The molecule has 1 aromatic heterocycles. The fourth-order valence-electron chi connectivity index (χ4n) is 1.74. The molecule has 0 unspecified atom stereocenters. The summed E-state index contributed by atoms with van der Waals surface area (Å²) in [5.74, 6) is -1.14. The SMILES string of the molecule is CCOC(=O)c1csc(NC(=O)c2cccc(NC(C)=O)c2)n1. The van der Waals surface area contributed by atoms with E-state index in [0.29, 0.717) is 16.4 Å². The van der Waals surface area contributed by atoms with Crippen LogP contribution in [0.1, 0.15) is 34.7 Å². The van der Waals surface area contributed by atoms with Crippen LogP contribution >= 0.6 is 11.3 Å². The van der Waals surface area contributed by atoms with Crippen LogP contribution in [0.4, 0.5) is 10.8 Å². The summed E-state index contributed by atoms with van der Waals surface area (Å²) in [6.45, 7) is 3.35. The summed E-state index contributed by atoms with van der Waals surface area (Å²) in [6, 6.07) is 6.50. The Morgan fingerprint density at radius 1 is 1.26 bits per heavy atom. The second kappa shape index (κ2) is 7.50. The van der Waals surface area contributed by atoms with Crippen molar-refractivity contribution in [2.75, 3.05) is 17.2 Å². The molecule has 0 saturated heterocycles. The van der Waals surface area contributed by atoms with Crippen molar-refractivity contribution in [3.63, 3.8) is 0 Å². The van der Waals surface area contributed by atoms with Crippen molar-refractivity contribution in [2.45, 2.75) is 13.8 Å². The van der Waals surface area contributed by atoms with Crippen molar-refractivity contribution >= 4 is 39.9 Å². The van der Waals surface area contributed by atoms with E-state index in [1.54, 1.807) is 31.2 Å². The fraction of sp³-hybridized carbons (Fsp3) is 0.200. The summed E-state index contributed by atoms with van der Waals surface area (Å²) in [7, 11) is 0. The number of carbonyl (C=O) groups is 3. The number of nitrogens with one attached hydrogen (secondary N) is 2. The van der Waals surface area contributed by atoms with E-state index >= 15 is 0 Å². The van der Waals surface area contributed by atoms with Gasteiger partial charge in [-0.1, -0.05) is 6.07 Å². The molecule has 0 bridgehead atoms. The summed E-state index contributed by atoms with van der Waals surface area (Å²) >= 11 is 1.13. The average Bonchev–Trinajstić information content (AvgIpc) is 2.95. The first-order valence-electron chi connectivity index (χ1n) is 6.81. The van der Waals surface area contributed by atoms with Gasteiger partial charge in [0.1, 0.15) is 0 Å². The first kappa shape index (κ1) is 16.6. The number of esters is 1. The molecular formula is C15H15N3O4S. The third-order valence-corrected chi connectivity index (χ3v) is 3.41. The van der Waals surface area contributed by atoms with Gasteiger partial charge < -0.3 is 10.1 Å². The van der Waals surface area contributed by atoms with Crippen LogP contribution in [-0.2, 0) is 9.53 Å². The maximum absolute atomic E-state index is 12.2. The van der Waals surface area contributed by atoms with Crippen LogP contribution in [0.15, 0.2) is 29.6 Å². The number of benzene rings is 1. The van der Waals surface area contributed by atoms with Gasteiger partial charge in [0.05, 0.1) is 6.61 Å². The minimum Gasteiger partial charge on any atom is -0.461 e. The van der Waals surface area contributed by atoms with Gasteiger partial charge in [-0.25, -0.2) is 9.78 Å². The number of hydrogen-bond donors (Lipinski definition) is 2. The summed E-state index contributed by atoms with van der Waals surface area (Å²) in [6.07, 6.45) is 0. The van der Waals surface area contributed by atoms with Gasteiger partial charge in [0.2, 0.25) is 5.91 Å². The molecule has 0 aliphatic heterocycles. The second-order valence-electron chi connectivity index (χ2n) is 4.47. The van der Waals surface area contributed by atoms with Gasteiger partial charge >= 0.3 is 5.97 Å². The lowest BCUT2D eigenvalue weighted by Crippen LogP contribution is -2.13. The molecule has 0 fully saturated rings. The van der Waals surface area contributed by atoms with Crippen molar-refractivity contribution in [3.8, 4) is 0 Å². The number of amides is 2. The van der Waals surface area contributed by atoms with Crippen molar-refractivity contribution in [2.24, 2.45) is 0 Å². The monoisotopic (exact) mass is 333 g/mol. The number of rotatable bonds is 5. The Kier molecular flexibility index (Phi) is 5.42. The minimum absolute atomic E-state index is 0.152. The van der Waals surface area contributed by atoms with Crippen LogP contribution in [0.5, 0.6) is 0 Å². The zero-order valence-corrected chi connectivity index (χ0v) is 13.4. The molecule has 2 aromatic rings. The molecule has 0 aliphatic rings. The quantitative estimate of drug-likeness (QED) is 0.820. The summed E-state index contributed by atoms with van der Waals surface area (Å²) in [4.78, 5) is 38.8. The van der Waals surface area contributed by atoms with Gasteiger partial charge in [0.15, 0.2) is 10.8 Å². The predicted molar refractivity (Wildman–Crippen MR) is 86.8 cm³/mol. The zero-order valence-electron chi connectivity index (χ0n) is 12.6. The highest BCUT2D eigenvalue weighted by molar-refractivity contribution is 7.14. The predicted octanol–water partition coefficient (Wildman–Crippen LogP) is 2.53. The Bertz CT molecular complexity index is 742. The minimum atomic E-state index is -0.531. The Hall–Kier alpha value is -2.74. The van der Waals surface area contributed by atoms with Crippen molar-refractivity contribution in [1.29, 1.82) is 0 Å². The average molecular weight is 333 g/mol. The van der Waals surface area contributed by atoms with Crippen molar-refractivity contribution < 1.29 is 19.1 Å². The van der Waals surface area contributed by atoms with Crippen molar-refractivity contribution in [3.05, 3.63) is 40.9 Å². The van der Waals surface area contributed by atoms with Crippen LogP contribution in [0, 0.1) is 0 Å². The Morgan fingerprint density at radius 3 is 2.74 bits per heavy atom. The molecule has 120 valence electrons. The van der Waals surface area contributed by atoms with Gasteiger partial charge in [-0.05, 0) is 25.1 Å². The zero-order chi connectivity index (χ0) is 16.8. The Balaban J connectivity index is 2.07. The van der Waals surface area contributed by atoms with E-state index < -0.39 is 5.97 Å². The molecule has 8 heteroatoms. The van der Waals surface area contributed by atoms with Crippen LogP contribution in [0.2, 0.25) is 0 Å². The van der Waals surface area contributed by atoms with E-state index in [-0.39, 0.29) is 24.1 Å². The number of anilines is 2. The van der Waals surface area contributed by atoms with Crippen LogP contribution in [0.25, 0.3) is 0 Å². The van der Waals surface area contributed by atoms with Crippen LogP contribution in [-0.4, -0.2) is 29.4 Å². The van der Waals surface area contributed by atoms with E-state index in [1.165, 1.54) is 12.3 Å². The molecule has 0 spiro atoms. The third-order valence-electron chi connectivity index (χ3n) is 2.65. The molecule has 23 heavy (non-hydrogen) atoms. The number of aromatic nitrogens is 1. The van der Waals surface area contributed by atoms with Gasteiger partial charge in [-0.2, -0.15) is 0 Å². The number of hydrogen-bond acceptors (Lipinski definition) is 6. The number of nitrogens with zero attached hydrogens (tertiary/aromatic N) is 1.